The van der Waals surface area contributed by atoms with Crippen molar-refractivity contribution in [3.63, 3.8) is 0 Å². The minimum absolute atomic E-state index is 0.265. The summed E-state index contributed by atoms with van der Waals surface area (Å²) in [5.74, 6) is 1.25. The number of isocyanates is 1. The molecule has 1 rings (SSSR count). The molecule has 0 radical (unpaired) electrons. The Labute approximate surface area is 80.4 Å². The van der Waals surface area contributed by atoms with Crippen LogP contribution in [0.3, 0.4) is 0 Å². The van der Waals surface area contributed by atoms with E-state index in [1.807, 2.05) is 0 Å². The fraction of sp³-hybridized carbons (Fsp3) is 0.909. The molecule has 1 aliphatic carbocycles. The SMILES string of the molecule is CC[C@@H]1CCC[C@H](CC)C1N=C=O. The minimum atomic E-state index is 0.265. The smallest absolute Gasteiger partial charge is 0.211 e. The lowest BCUT2D eigenvalue weighted by molar-refractivity contribution is 0.212. The Hall–Kier alpha value is -0.620. The fourth-order valence-electron chi connectivity index (χ4n) is 2.53. The molecule has 1 saturated carbocycles. The van der Waals surface area contributed by atoms with Crippen molar-refractivity contribution in [2.24, 2.45) is 16.8 Å². The molecule has 0 aromatic rings. The van der Waals surface area contributed by atoms with Gasteiger partial charge in [0.1, 0.15) is 0 Å². The van der Waals surface area contributed by atoms with Crippen molar-refractivity contribution in [1.29, 1.82) is 0 Å². The van der Waals surface area contributed by atoms with Crippen molar-refractivity contribution >= 4 is 6.08 Å². The summed E-state index contributed by atoms with van der Waals surface area (Å²) in [6.07, 6.45) is 7.82. The van der Waals surface area contributed by atoms with Crippen LogP contribution >= 0.6 is 0 Å². The van der Waals surface area contributed by atoms with E-state index in [-0.39, 0.29) is 6.04 Å². The molecule has 13 heavy (non-hydrogen) atoms. The van der Waals surface area contributed by atoms with Crippen LogP contribution in [-0.2, 0) is 4.79 Å². The molecular weight excluding hydrogens is 162 g/mol. The van der Waals surface area contributed by atoms with Gasteiger partial charge in [0.2, 0.25) is 6.08 Å². The maximum atomic E-state index is 10.3. The third-order valence-corrected chi connectivity index (χ3v) is 3.37. The van der Waals surface area contributed by atoms with Gasteiger partial charge in [0, 0.05) is 0 Å². The zero-order chi connectivity index (χ0) is 9.68. The molecule has 3 atom stereocenters. The number of aliphatic imine (C=N–C) groups is 1. The van der Waals surface area contributed by atoms with Gasteiger partial charge in [-0.05, 0) is 24.7 Å². The van der Waals surface area contributed by atoms with Gasteiger partial charge in [-0.2, -0.15) is 0 Å². The topological polar surface area (TPSA) is 29.4 Å². The van der Waals surface area contributed by atoms with E-state index in [0.29, 0.717) is 11.8 Å². The first kappa shape index (κ1) is 10.5. The molecule has 0 bridgehead atoms. The van der Waals surface area contributed by atoms with Crippen LogP contribution in [0.25, 0.3) is 0 Å². The standard InChI is InChI=1S/C11H19NO/c1-3-9-6-5-7-10(4-2)11(9)12-8-13/h9-11H,3-7H2,1-2H3/t9-,10+,11?. The summed E-state index contributed by atoms with van der Waals surface area (Å²) in [5.41, 5.74) is 0. The Morgan fingerprint density at radius 2 is 1.77 bits per heavy atom. The zero-order valence-electron chi connectivity index (χ0n) is 8.62. The van der Waals surface area contributed by atoms with Crippen LogP contribution in [-0.4, -0.2) is 12.1 Å². The van der Waals surface area contributed by atoms with Crippen molar-refractivity contribution in [3.8, 4) is 0 Å². The maximum Gasteiger partial charge on any atom is 0.235 e. The van der Waals surface area contributed by atoms with Crippen LogP contribution in [0.5, 0.6) is 0 Å². The van der Waals surface area contributed by atoms with Gasteiger partial charge in [0.15, 0.2) is 0 Å². The average Bonchev–Trinajstić information content (AvgIpc) is 2.18. The number of hydrogen-bond donors (Lipinski definition) is 0. The molecule has 0 saturated heterocycles. The summed E-state index contributed by atoms with van der Waals surface area (Å²) in [4.78, 5) is 14.3. The minimum Gasteiger partial charge on any atom is -0.211 e. The van der Waals surface area contributed by atoms with Gasteiger partial charge in [-0.25, -0.2) is 9.79 Å². The molecule has 0 aromatic carbocycles. The lowest BCUT2D eigenvalue weighted by Gasteiger charge is -2.33. The lowest BCUT2D eigenvalue weighted by Crippen LogP contribution is -2.31. The Morgan fingerprint density at radius 1 is 1.23 bits per heavy atom. The first-order valence-corrected chi connectivity index (χ1v) is 5.40. The first-order valence-electron chi connectivity index (χ1n) is 5.40. The van der Waals surface area contributed by atoms with Crippen LogP contribution in [0.4, 0.5) is 0 Å². The molecule has 0 amide bonds. The average molecular weight is 181 g/mol. The second-order valence-electron chi connectivity index (χ2n) is 3.98. The molecule has 0 N–H and O–H groups in total. The highest BCUT2D eigenvalue weighted by Crippen LogP contribution is 2.35. The highest BCUT2D eigenvalue weighted by atomic mass is 16.1. The Bertz CT molecular complexity index is 184. The quantitative estimate of drug-likeness (QED) is 0.486. The van der Waals surface area contributed by atoms with E-state index < -0.39 is 0 Å². The Morgan fingerprint density at radius 3 is 2.15 bits per heavy atom. The van der Waals surface area contributed by atoms with Crippen LogP contribution < -0.4 is 0 Å². The molecule has 1 unspecified atom stereocenters. The number of rotatable bonds is 3. The number of hydrogen-bond acceptors (Lipinski definition) is 2. The monoisotopic (exact) mass is 181 g/mol. The second kappa shape index (κ2) is 5.18. The van der Waals surface area contributed by atoms with Gasteiger partial charge in [0.25, 0.3) is 0 Å². The molecule has 2 heteroatoms. The van der Waals surface area contributed by atoms with Gasteiger partial charge in [-0.1, -0.05) is 33.1 Å². The number of carbonyl (C=O) groups excluding carboxylic acids is 1. The molecule has 2 nitrogen and oxygen atoms in total. The summed E-state index contributed by atoms with van der Waals surface area (Å²) >= 11 is 0. The lowest BCUT2D eigenvalue weighted by atomic mass is 9.75. The summed E-state index contributed by atoms with van der Waals surface area (Å²) < 4.78 is 0. The van der Waals surface area contributed by atoms with E-state index in [1.165, 1.54) is 19.3 Å². The molecule has 0 aliphatic heterocycles. The third-order valence-electron chi connectivity index (χ3n) is 3.37. The third kappa shape index (κ3) is 2.41. The Balaban J connectivity index is 2.69. The van der Waals surface area contributed by atoms with Gasteiger partial charge in [-0.15, -0.1) is 0 Å². The normalized spacial score (nSPS) is 33.8. The summed E-state index contributed by atoms with van der Waals surface area (Å²) in [6.45, 7) is 4.38. The zero-order valence-corrected chi connectivity index (χ0v) is 8.62. The van der Waals surface area contributed by atoms with Crippen molar-refractivity contribution in [2.75, 3.05) is 0 Å². The summed E-state index contributed by atoms with van der Waals surface area (Å²) in [5, 5.41) is 0. The number of nitrogens with zero attached hydrogens (tertiary/aromatic N) is 1. The molecule has 1 aliphatic rings. The molecular formula is C11H19NO. The predicted molar refractivity (Wildman–Crippen MR) is 53.3 cm³/mol. The van der Waals surface area contributed by atoms with Crippen molar-refractivity contribution in [3.05, 3.63) is 0 Å². The van der Waals surface area contributed by atoms with Crippen LogP contribution in [0, 0.1) is 11.8 Å². The molecule has 1 fully saturated rings. The maximum absolute atomic E-state index is 10.3. The van der Waals surface area contributed by atoms with E-state index in [1.54, 1.807) is 6.08 Å². The van der Waals surface area contributed by atoms with Crippen LogP contribution in [0.1, 0.15) is 46.0 Å². The second-order valence-corrected chi connectivity index (χ2v) is 3.98. The van der Waals surface area contributed by atoms with E-state index in [2.05, 4.69) is 18.8 Å². The highest BCUT2D eigenvalue weighted by Gasteiger charge is 2.30. The van der Waals surface area contributed by atoms with Crippen LogP contribution in [0.2, 0.25) is 0 Å². The molecule has 0 spiro atoms. The van der Waals surface area contributed by atoms with Crippen LogP contribution in [0.15, 0.2) is 4.99 Å². The summed E-state index contributed by atoms with van der Waals surface area (Å²) in [7, 11) is 0. The largest absolute Gasteiger partial charge is 0.235 e. The molecule has 0 heterocycles. The van der Waals surface area contributed by atoms with E-state index in [0.717, 1.165) is 12.8 Å². The fourth-order valence-corrected chi connectivity index (χ4v) is 2.53. The first-order chi connectivity index (χ1) is 6.33. The van der Waals surface area contributed by atoms with Gasteiger partial charge in [0.05, 0.1) is 6.04 Å². The van der Waals surface area contributed by atoms with Crippen molar-refractivity contribution < 1.29 is 4.79 Å². The predicted octanol–water partition coefficient (Wildman–Crippen LogP) is 2.93. The van der Waals surface area contributed by atoms with Gasteiger partial charge >= 0.3 is 0 Å². The molecule has 74 valence electrons. The van der Waals surface area contributed by atoms with Gasteiger partial charge < -0.3 is 0 Å². The molecule has 0 aromatic heterocycles. The van der Waals surface area contributed by atoms with Crippen molar-refractivity contribution in [2.45, 2.75) is 52.0 Å². The summed E-state index contributed by atoms with van der Waals surface area (Å²) in [6, 6.07) is 0.265. The van der Waals surface area contributed by atoms with E-state index >= 15 is 0 Å². The van der Waals surface area contributed by atoms with Gasteiger partial charge in [-0.3, -0.25) is 0 Å². The van der Waals surface area contributed by atoms with E-state index in [9.17, 15) is 4.79 Å². The Kier molecular flexibility index (Phi) is 4.17. The van der Waals surface area contributed by atoms with Crippen molar-refractivity contribution in [1.82, 2.24) is 0 Å². The van der Waals surface area contributed by atoms with E-state index in [4.69, 9.17) is 0 Å². The highest BCUT2D eigenvalue weighted by molar-refractivity contribution is 5.33.